The molecule has 0 aliphatic heterocycles. The highest BCUT2D eigenvalue weighted by atomic mass is 32.2. The molecule has 6 heteroatoms. The molecule has 36 heavy (non-hydrogen) atoms. The van der Waals surface area contributed by atoms with Crippen molar-refractivity contribution >= 4 is 40.9 Å². The second kappa shape index (κ2) is 12.0. The Morgan fingerprint density at radius 2 is 1.14 bits per heavy atom. The molecule has 4 aromatic rings. The van der Waals surface area contributed by atoms with Gasteiger partial charge in [0, 0.05) is 0 Å². The lowest BCUT2D eigenvalue weighted by molar-refractivity contribution is -0.433. The van der Waals surface area contributed by atoms with Crippen molar-refractivity contribution in [2.75, 3.05) is 13.4 Å². The van der Waals surface area contributed by atoms with Gasteiger partial charge in [0.1, 0.15) is 20.9 Å². The van der Waals surface area contributed by atoms with Gasteiger partial charge in [0.2, 0.25) is 5.31 Å². The lowest BCUT2D eigenvalue weighted by Gasteiger charge is -2.32. The quantitative estimate of drug-likeness (QED) is 0.156. The summed E-state index contributed by atoms with van der Waals surface area (Å²) in [7, 11) is -1.38. The molecule has 0 aromatic heterocycles. The Labute approximate surface area is 217 Å². The second-order valence-electron chi connectivity index (χ2n) is 7.99. The Hall–Kier alpha value is -3.37. The molecule has 1 atom stereocenters. The number of methoxy groups -OCH3 is 1. The van der Waals surface area contributed by atoms with Crippen molar-refractivity contribution in [2.24, 2.45) is 0 Å². The van der Waals surface area contributed by atoms with Crippen LogP contribution in [-0.4, -0.2) is 19.3 Å². The summed E-state index contributed by atoms with van der Waals surface area (Å²) < 4.78 is 5.43. The van der Waals surface area contributed by atoms with Crippen LogP contribution in [-0.2, 0) is 9.53 Å². The minimum absolute atomic E-state index is 0.461. The summed E-state index contributed by atoms with van der Waals surface area (Å²) >= 11 is 1.35. The highest BCUT2D eigenvalue weighted by Gasteiger charge is 2.55. The second-order valence-corrected chi connectivity index (χ2v) is 12.1. The predicted molar refractivity (Wildman–Crippen MR) is 150 cm³/mol. The third-order valence-electron chi connectivity index (χ3n) is 5.93. The van der Waals surface area contributed by atoms with E-state index >= 15 is 0 Å². The van der Waals surface area contributed by atoms with Gasteiger partial charge >= 0.3 is 5.97 Å². The van der Waals surface area contributed by atoms with E-state index in [1.807, 2.05) is 79.1 Å². The monoisotopic (exact) mass is 513 g/mol. The number of carbonyl (C=O) groups excluding carboxylic acids is 1. The fraction of sp³-hybridized carbons (Fsp3) is 0.100. The first-order valence-corrected chi connectivity index (χ1v) is 14.5. The Morgan fingerprint density at radius 1 is 0.750 bits per heavy atom. The van der Waals surface area contributed by atoms with Gasteiger partial charge in [-0.25, -0.2) is 4.79 Å². The average Bonchev–Trinajstić information content (AvgIpc) is 2.96. The minimum atomic E-state index is -2.77. The van der Waals surface area contributed by atoms with Crippen LogP contribution >= 0.6 is 19.0 Å². The third-order valence-corrected chi connectivity index (χ3v) is 11.1. The molecule has 0 saturated heterocycles. The van der Waals surface area contributed by atoms with Crippen molar-refractivity contribution in [3.05, 3.63) is 137 Å². The Morgan fingerprint density at radius 3 is 1.50 bits per heavy atom. The van der Waals surface area contributed by atoms with Crippen LogP contribution in [0.2, 0.25) is 0 Å². The summed E-state index contributed by atoms with van der Waals surface area (Å²) in [5.41, 5.74) is 0.594. The fourth-order valence-electron chi connectivity index (χ4n) is 4.32. The Kier molecular flexibility index (Phi) is 8.61. The predicted octanol–water partition coefficient (Wildman–Crippen LogP) is 4.33. The lowest BCUT2D eigenvalue weighted by Crippen LogP contribution is -2.38. The van der Waals surface area contributed by atoms with Crippen LogP contribution < -0.4 is 26.3 Å². The molecule has 1 unspecified atom stereocenters. The van der Waals surface area contributed by atoms with Crippen molar-refractivity contribution in [3.8, 4) is 0 Å². The molecule has 0 radical (unpaired) electrons. The first-order valence-electron chi connectivity index (χ1n) is 11.5. The summed E-state index contributed by atoms with van der Waals surface area (Å²) in [6, 6.07) is 39.2. The molecule has 0 amide bonds. The van der Waals surface area contributed by atoms with Gasteiger partial charge < -0.3 is 15.2 Å². The highest BCUT2D eigenvalue weighted by Crippen LogP contribution is 2.64. The number of carbonyl (C=O) groups is 1. The zero-order valence-electron chi connectivity index (χ0n) is 20.2. The van der Waals surface area contributed by atoms with E-state index in [4.69, 9.17) is 4.74 Å². The molecule has 4 nitrogen and oxygen atoms in total. The van der Waals surface area contributed by atoms with E-state index < -0.39 is 19.5 Å². The average molecular weight is 514 g/mol. The molecule has 0 saturated carbocycles. The van der Waals surface area contributed by atoms with E-state index in [2.05, 4.69) is 41.7 Å². The summed E-state index contributed by atoms with van der Waals surface area (Å²) in [5, 5.41) is 20.5. The molecule has 4 rings (SSSR count). The molecule has 0 aliphatic carbocycles. The SMILES string of the molecule is COC(=O)/C(=C(\NC([O-])c1ccccc1)SC)[P+](c1ccccc1)(c1ccccc1)c1ccccc1. The van der Waals surface area contributed by atoms with Crippen molar-refractivity contribution in [1.82, 2.24) is 5.32 Å². The molecule has 0 heterocycles. The molecule has 0 fully saturated rings. The summed E-state index contributed by atoms with van der Waals surface area (Å²) in [4.78, 5) is 13.8. The maximum atomic E-state index is 13.8. The van der Waals surface area contributed by atoms with Gasteiger partial charge in [-0.3, -0.25) is 0 Å². The summed E-state index contributed by atoms with van der Waals surface area (Å²) in [6.07, 6.45) is 0.621. The van der Waals surface area contributed by atoms with Gasteiger partial charge in [-0.2, -0.15) is 0 Å². The molecule has 0 aliphatic rings. The fourth-order valence-corrected chi connectivity index (χ4v) is 9.77. The van der Waals surface area contributed by atoms with Crippen LogP contribution in [0, 0.1) is 0 Å². The number of rotatable bonds is 9. The van der Waals surface area contributed by atoms with E-state index in [0.29, 0.717) is 15.9 Å². The first-order chi connectivity index (χ1) is 17.6. The minimum Gasteiger partial charge on any atom is -0.833 e. The van der Waals surface area contributed by atoms with Gasteiger partial charge in [0.05, 0.1) is 7.11 Å². The normalized spacial score (nSPS) is 12.9. The molecular formula is C30H28NO3PS. The van der Waals surface area contributed by atoms with E-state index in [-0.39, 0.29) is 0 Å². The summed E-state index contributed by atoms with van der Waals surface area (Å²) in [5.74, 6) is -0.461. The lowest BCUT2D eigenvalue weighted by atomic mass is 10.2. The molecular weight excluding hydrogens is 485 g/mol. The van der Waals surface area contributed by atoms with Crippen LogP contribution in [0.1, 0.15) is 11.8 Å². The standard InChI is InChI=1S/C30H28NO3PS/c1-34-30(33)27(29(36-2)31-28(32)23-15-7-3-8-16-23)35(24-17-9-4-10-18-24,25-19-11-5-12-20-25)26-21-13-6-14-22-26/h3-22,28,31H,1-2H3/b29-27-. The van der Waals surface area contributed by atoms with Crippen molar-refractivity contribution in [2.45, 2.75) is 6.23 Å². The number of thioether (sulfide) groups is 1. The Bertz CT molecular complexity index is 1200. The van der Waals surface area contributed by atoms with E-state index in [9.17, 15) is 9.90 Å². The molecule has 0 spiro atoms. The smallest absolute Gasteiger partial charge is 0.377 e. The highest BCUT2D eigenvalue weighted by molar-refractivity contribution is 8.04. The van der Waals surface area contributed by atoms with Gasteiger partial charge in [0.25, 0.3) is 0 Å². The molecule has 0 bridgehead atoms. The van der Waals surface area contributed by atoms with E-state index in [1.165, 1.54) is 18.9 Å². The largest absolute Gasteiger partial charge is 0.833 e. The van der Waals surface area contributed by atoms with Crippen LogP contribution in [0.3, 0.4) is 0 Å². The number of esters is 1. The van der Waals surface area contributed by atoms with E-state index in [1.54, 1.807) is 12.1 Å². The van der Waals surface area contributed by atoms with Crippen molar-refractivity contribution in [3.63, 3.8) is 0 Å². The first kappa shape index (κ1) is 25.7. The van der Waals surface area contributed by atoms with E-state index in [0.717, 1.165) is 15.9 Å². The topological polar surface area (TPSA) is 61.4 Å². The van der Waals surface area contributed by atoms with Crippen LogP contribution in [0.4, 0.5) is 0 Å². The van der Waals surface area contributed by atoms with Gasteiger partial charge in [0.15, 0.2) is 7.26 Å². The number of hydrogen-bond acceptors (Lipinski definition) is 5. The van der Waals surface area contributed by atoms with Gasteiger partial charge in [-0.15, -0.1) is 11.8 Å². The Balaban J connectivity index is 2.09. The number of nitrogens with one attached hydrogen (secondary N) is 1. The molecule has 4 aromatic carbocycles. The maximum absolute atomic E-state index is 13.8. The number of hydrogen-bond donors (Lipinski definition) is 1. The van der Waals surface area contributed by atoms with Crippen LogP contribution in [0.15, 0.2) is 132 Å². The van der Waals surface area contributed by atoms with Gasteiger partial charge in [-0.05, 0) is 54.4 Å². The summed E-state index contributed by atoms with van der Waals surface area (Å²) in [6.45, 7) is 0. The number of ether oxygens (including phenoxy) is 1. The number of benzene rings is 4. The van der Waals surface area contributed by atoms with Gasteiger partial charge in [-0.1, -0.05) is 84.9 Å². The molecule has 182 valence electrons. The zero-order chi connectivity index (χ0) is 25.4. The van der Waals surface area contributed by atoms with Crippen molar-refractivity contribution < 1.29 is 14.6 Å². The van der Waals surface area contributed by atoms with Crippen LogP contribution in [0.5, 0.6) is 0 Å². The molecule has 1 N–H and O–H groups in total. The third kappa shape index (κ3) is 5.10. The maximum Gasteiger partial charge on any atom is 0.377 e. The van der Waals surface area contributed by atoms with Crippen molar-refractivity contribution in [1.29, 1.82) is 0 Å². The zero-order valence-corrected chi connectivity index (χ0v) is 21.9. The van der Waals surface area contributed by atoms with Crippen LogP contribution in [0.25, 0.3) is 0 Å².